The Labute approximate surface area is 136 Å². The largest absolute Gasteiger partial charge is 0.315 e. The molecule has 2 heterocycles. The minimum atomic E-state index is -0.0839. The Hall–Kier alpha value is -1.98. The summed E-state index contributed by atoms with van der Waals surface area (Å²) in [6.45, 7) is 3.83. The zero-order valence-corrected chi connectivity index (χ0v) is 13.7. The molecule has 23 heavy (non-hydrogen) atoms. The van der Waals surface area contributed by atoms with E-state index in [4.69, 9.17) is 0 Å². The summed E-state index contributed by atoms with van der Waals surface area (Å²) in [7, 11) is 1.80. The molecule has 2 atom stereocenters. The Morgan fingerprint density at radius 2 is 2.13 bits per heavy atom. The van der Waals surface area contributed by atoms with Crippen molar-refractivity contribution in [2.45, 2.75) is 31.8 Å². The molecule has 1 aromatic carbocycles. The van der Waals surface area contributed by atoms with E-state index >= 15 is 0 Å². The average molecular weight is 312 g/mol. The Morgan fingerprint density at radius 1 is 1.35 bits per heavy atom. The number of rotatable bonds is 4. The fraction of sp³-hybridized carbons (Fsp3) is 0.444. The van der Waals surface area contributed by atoms with Crippen LogP contribution in [0.25, 0.3) is 0 Å². The minimum absolute atomic E-state index is 0.0134. The van der Waals surface area contributed by atoms with Crippen molar-refractivity contribution in [2.24, 2.45) is 7.05 Å². The quantitative estimate of drug-likeness (QED) is 0.899. The lowest BCUT2D eigenvalue weighted by Crippen LogP contribution is -2.46. The maximum absolute atomic E-state index is 12.3. The van der Waals surface area contributed by atoms with Crippen LogP contribution >= 0.6 is 0 Å². The van der Waals surface area contributed by atoms with Gasteiger partial charge < -0.3 is 5.32 Å². The number of nitrogens with one attached hydrogen (secondary N) is 2. The van der Waals surface area contributed by atoms with E-state index in [0.29, 0.717) is 11.6 Å². The van der Waals surface area contributed by atoms with Crippen LogP contribution in [0, 0.1) is 6.92 Å². The molecule has 1 aliphatic rings. The van der Waals surface area contributed by atoms with Gasteiger partial charge in [0.05, 0.1) is 6.04 Å². The van der Waals surface area contributed by atoms with E-state index in [1.165, 1.54) is 6.42 Å². The lowest BCUT2D eigenvalue weighted by atomic mass is 10.0. The Bertz CT molecular complexity index is 705. The van der Waals surface area contributed by atoms with Gasteiger partial charge in [0.2, 0.25) is 0 Å². The second-order valence-electron chi connectivity index (χ2n) is 6.22. The number of piperidine rings is 1. The number of hydrogen-bond donors (Lipinski definition) is 2. The van der Waals surface area contributed by atoms with E-state index in [-0.39, 0.29) is 11.6 Å². The topological polar surface area (TPSA) is 59.0 Å². The van der Waals surface area contributed by atoms with Gasteiger partial charge in [-0.25, -0.2) is 4.98 Å². The van der Waals surface area contributed by atoms with E-state index in [1.54, 1.807) is 24.7 Å². The SMILES string of the molecule is Cc1cnc([C@@H](NC2CCCNC2)c2ccccc2)n(C)c1=O. The summed E-state index contributed by atoms with van der Waals surface area (Å²) in [5, 5.41) is 7.12. The highest BCUT2D eigenvalue weighted by molar-refractivity contribution is 5.26. The van der Waals surface area contributed by atoms with Crippen molar-refractivity contribution in [3.8, 4) is 0 Å². The summed E-state index contributed by atoms with van der Waals surface area (Å²) < 4.78 is 1.66. The van der Waals surface area contributed by atoms with Crippen molar-refractivity contribution in [1.29, 1.82) is 0 Å². The van der Waals surface area contributed by atoms with Crippen LogP contribution in [0.4, 0.5) is 0 Å². The van der Waals surface area contributed by atoms with Crippen LogP contribution in [-0.4, -0.2) is 28.7 Å². The van der Waals surface area contributed by atoms with Gasteiger partial charge in [0.1, 0.15) is 5.82 Å². The van der Waals surface area contributed by atoms with Gasteiger partial charge in [0, 0.05) is 31.4 Å². The number of aryl methyl sites for hydroxylation is 1. The van der Waals surface area contributed by atoms with Crippen molar-refractivity contribution in [1.82, 2.24) is 20.2 Å². The summed E-state index contributed by atoms with van der Waals surface area (Å²) in [6.07, 6.45) is 3.98. The molecule has 1 saturated heterocycles. The summed E-state index contributed by atoms with van der Waals surface area (Å²) in [5.74, 6) is 0.761. The van der Waals surface area contributed by atoms with Gasteiger partial charge in [-0.1, -0.05) is 30.3 Å². The number of hydrogen-bond acceptors (Lipinski definition) is 4. The van der Waals surface area contributed by atoms with E-state index < -0.39 is 0 Å². The molecule has 5 heteroatoms. The van der Waals surface area contributed by atoms with Crippen LogP contribution in [0.2, 0.25) is 0 Å². The normalized spacial score (nSPS) is 19.5. The van der Waals surface area contributed by atoms with E-state index in [9.17, 15) is 4.79 Å². The molecule has 0 saturated carbocycles. The molecule has 0 spiro atoms. The molecule has 1 unspecified atom stereocenters. The second-order valence-corrected chi connectivity index (χ2v) is 6.22. The van der Waals surface area contributed by atoms with Crippen LogP contribution in [0.15, 0.2) is 41.3 Å². The molecule has 1 fully saturated rings. The predicted molar refractivity (Wildman–Crippen MR) is 91.5 cm³/mol. The van der Waals surface area contributed by atoms with Crippen LogP contribution in [0.3, 0.4) is 0 Å². The standard InChI is InChI=1S/C18H24N4O/c1-13-11-20-17(22(2)18(13)23)16(14-7-4-3-5-8-14)21-15-9-6-10-19-12-15/h3-5,7-8,11,15-16,19,21H,6,9-10,12H2,1-2H3/t15?,16-/m0/s1. The highest BCUT2D eigenvalue weighted by atomic mass is 16.1. The first kappa shape index (κ1) is 15.9. The first-order chi connectivity index (χ1) is 11.2. The number of aromatic nitrogens is 2. The van der Waals surface area contributed by atoms with Gasteiger partial charge >= 0.3 is 0 Å². The van der Waals surface area contributed by atoms with Crippen molar-refractivity contribution < 1.29 is 0 Å². The molecule has 0 bridgehead atoms. The summed E-state index contributed by atoms with van der Waals surface area (Å²) in [5.41, 5.74) is 1.81. The maximum atomic E-state index is 12.3. The number of nitrogens with zero attached hydrogens (tertiary/aromatic N) is 2. The fourth-order valence-electron chi connectivity index (χ4n) is 3.14. The lowest BCUT2D eigenvalue weighted by Gasteiger charge is -2.29. The second kappa shape index (κ2) is 7.06. The molecule has 0 radical (unpaired) electrons. The highest BCUT2D eigenvalue weighted by Gasteiger charge is 2.23. The first-order valence-electron chi connectivity index (χ1n) is 8.21. The number of benzene rings is 1. The summed E-state index contributed by atoms with van der Waals surface area (Å²) in [4.78, 5) is 16.9. The smallest absolute Gasteiger partial charge is 0.256 e. The van der Waals surface area contributed by atoms with Crippen molar-refractivity contribution in [3.05, 3.63) is 63.8 Å². The zero-order chi connectivity index (χ0) is 16.2. The third-order valence-electron chi connectivity index (χ3n) is 4.47. The Kier molecular flexibility index (Phi) is 4.88. The van der Waals surface area contributed by atoms with Crippen LogP contribution in [0.1, 0.15) is 35.8 Å². The van der Waals surface area contributed by atoms with Crippen LogP contribution in [0.5, 0.6) is 0 Å². The van der Waals surface area contributed by atoms with Crippen molar-refractivity contribution in [3.63, 3.8) is 0 Å². The van der Waals surface area contributed by atoms with Gasteiger partial charge in [-0.15, -0.1) is 0 Å². The maximum Gasteiger partial charge on any atom is 0.256 e. The molecule has 122 valence electrons. The van der Waals surface area contributed by atoms with Gasteiger partial charge in [-0.05, 0) is 31.9 Å². The molecular weight excluding hydrogens is 288 g/mol. The van der Waals surface area contributed by atoms with Crippen molar-refractivity contribution in [2.75, 3.05) is 13.1 Å². The monoisotopic (exact) mass is 312 g/mol. The van der Waals surface area contributed by atoms with E-state index in [2.05, 4.69) is 27.8 Å². The highest BCUT2D eigenvalue weighted by Crippen LogP contribution is 2.21. The molecule has 1 aliphatic heterocycles. The zero-order valence-electron chi connectivity index (χ0n) is 13.7. The molecule has 0 aliphatic carbocycles. The molecule has 0 amide bonds. The minimum Gasteiger partial charge on any atom is -0.315 e. The molecule has 2 aromatic rings. The third kappa shape index (κ3) is 3.51. The summed E-state index contributed by atoms with van der Waals surface area (Å²) >= 11 is 0. The van der Waals surface area contributed by atoms with Gasteiger partial charge in [-0.3, -0.25) is 14.7 Å². The molecular formula is C18H24N4O. The third-order valence-corrected chi connectivity index (χ3v) is 4.47. The van der Waals surface area contributed by atoms with Crippen LogP contribution in [-0.2, 0) is 7.05 Å². The molecule has 1 aromatic heterocycles. The molecule has 2 N–H and O–H groups in total. The average Bonchev–Trinajstić information content (AvgIpc) is 2.60. The molecule has 3 rings (SSSR count). The fourth-order valence-corrected chi connectivity index (χ4v) is 3.14. The lowest BCUT2D eigenvalue weighted by molar-refractivity contribution is 0.361. The van der Waals surface area contributed by atoms with Gasteiger partial charge in [0.25, 0.3) is 5.56 Å². The van der Waals surface area contributed by atoms with E-state index in [1.807, 2.05) is 18.2 Å². The van der Waals surface area contributed by atoms with E-state index in [0.717, 1.165) is 30.9 Å². The van der Waals surface area contributed by atoms with Gasteiger partial charge in [-0.2, -0.15) is 0 Å². The first-order valence-corrected chi connectivity index (χ1v) is 8.21. The van der Waals surface area contributed by atoms with Gasteiger partial charge in [0.15, 0.2) is 0 Å². The molecule has 5 nitrogen and oxygen atoms in total. The Balaban J connectivity index is 1.98. The predicted octanol–water partition coefficient (Wildman–Crippen LogP) is 1.52. The Morgan fingerprint density at radius 3 is 2.83 bits per heavy atom. The van der Waals surface area contributed by atoms with Crippen molar-refractivity contribution >= 4 is 0 Å². The van der Waals surface area contributed by atoms with Crippen LogP contribution < -0.4 is 16.2 Å². The summed E-state index contributed by atoms with van der Waals surface area (Å²) in [6, 6.07) is 10.5.